The Labute approximate surface area is 198 Å². The number of nitrogens with zero attached hydrogens (tertiary/aromatic N) is 3. The Morgan fingerprint density at radius 2 is 1.68 bits per heavy atom. The van der Waals surface area contributed by atoms with Crippen LogP contribution in [0.2, 0.25) is 0 Å². The molecular formula is C20H32F3IN4O3. The molecular weight excluding hydrogens is 528 g/mol. The van der Waals surface area contributed by atoms with Crippen LogP contribution < -0.4 is 19.5 Å². The third kappa shape index (κ3) is 6.93. The molecule has 178 valence electrons. The summed E-state index contributed by atoms with van der Waals surface area (Å²) in [6.07, 6.45) is -4.22. The van der Waals surface area contributed by atoms with Gasteiger partial charge < -0.3 is 24.4 Å². The molecule has 1 saturated heterocycles. The highest BCUT2D eigenvalue weighted by Gasteiger charge is 2.41. The molecule has 0 spiro atoms. The number of ether oxygens (including phenoxy) is 3. The maximum Gasteiger partial charge on any atom is 0.403 e. The van der Waals surface area contributed by atoms with E-state index in [1.807, 2.05) is 17.9 Å². The number of methoxy groups -OCH3 is 3. The number of guanidine groups is 1. The summed E-state index contributed by atoms with van der Waals surface area (Å²) in [5, 5.41) is 3.22. The summed E-state index contributed by atoms with van der Waals surface area (Å²) in [6, 6.07) is 2.20. The van der Waals surface area contributed by atoms with Crippen molar-refractivity contribution in [1.29, 1.82) is 0 Å². The molecule has 31 heavy (non-hydrogen) atoms. The number of rotatable bonds is 7. The molecule has 1 unspecified atom stereocenters. The van der Waals surface area contributed by atoms with E-state index in [2.05, 4.69) is 10.3 Å². The van der Waals surface area contributed by atoms with Crippen LogP contribution in [-0.2, 0) is 6.54 Å². The minimum absolute atomic E-state index is 0. The number of nitrogens with one attached hydrogen (secondary N) is 1. The van der Waals surface area contributed by atoms with Crippen LogP contribution in [0.5, 0.6) is 17.2 Å². The molecule has 7 nitrogen and oxygen atoms in total. The maximum absolute atomic E-state index is 13.0. The fourth-order valence-corrected chi connectivity index (χ4v) is 3.40. The van der Waals surface area contributed by atoms with Gasteiger partial charge in [-0.3, -0.25) is 4.90 Å². The second-order valence-electron chi connectivity index (χ2n) is 6.90. The molecule has 1 aromatic carbocycles. The third-order valence-electron chi connectivity index (χ3n) is 5.16. The number of piperazine rings is 1. The van der Waals surface area contributed by atoms with Gasteiger partial charge in [-0.25, -0.2) is 4.99 Å². The minimum Gasteiger partial charge on any atom is -0.493 e. The Morgan fingerprint density at radius 3 is 2.16 bits per heavy atom. The van der Waals surface area contributed by atoms with Crippen LogP contribution in [0.15, 0.2) is 17.1 Å². The van der Waals surface area contributed by atoms with Crippen molar-refractivity contribution in [3.05, 3.63) is 17.7 Å². The van der Waals surface area contributed by atoms with Crippen molar-refractivity contribution >= 4 is 29.9 Å². The zero-order valence-corrected chi connectivity index (χ0v) is 20.9. The third-order valence-corrected chi connectivity index (χ3v) is 5.16. The van der Waals surface area contributed by atoms with Crippen molar-refractivity contribution in [3.8, 4) is 17.2 Å². The Kier molecular flexibility index (Phi) is 11.0. The molecule has 0 aliphatic carbocycles. The van der Waals surface area contributed by atoms with E-state index in [0.717, 1.165) is 5.56 Å². The zero-order chi connectivity index (χ0) is 22.3. The van der Waals surface area contributed by atoms with Gasteiger partial charge in [-0.1, -0.05) is 0 Å². The molecule has 2 rings (SSSR count). The summed E-state index contributed by atoms with van der Waals surface area (Å²) < 4.78 is 55.2. The number of hydrogen-bond donors (Lipinski definition) is 1. The van der Waals surface area contributed by atoms with Crippen LogP contribution >= 0.6 is 24.0 Å². The van der Waals surface area contributed by atoms with Crippen molar-refractivity contribution in [2.75, 3.05) is 54.1 Å². The Hall–Kier alpha value is -1.63. The zero-order valence-electron chi connectivity index (χ0n) is 18.6. The lowest BCUT2D eigenvalue weighted by Gasteiger charge is -2.39. The predicted molar refractivity (Wildman–Crippen MR) is 125 cm³/mol. The van der Waals surface area contributed by atoms with Gasteiger partial charge in [0.25, 0.3) is 0 Å². The Balaban J connectivity index is 0.00000480. The first-order chi connectivity index (χ1) is 14.3. The van der Waals surface area contributed by atoms with E-state index in [0.29, 0.717) is 62.5 Å². The molecule has 1 fully saturated rings. The molecule has 0 saturated carbocycles. The summed E-state index contributed by atoms with van der Waals surface area (Å²) in [6.45, 7) is 5.72. The fraction of sp³-hybridized carbons (Fsp3) is 0.650. The summed E-state index contributed by atoms with van der Waals surface area (Å²) in [4.78, 5) is 8.12. The lowest BCUT2D eigenvalue weighted by Crippen LogP contribution is -2.56. The fourth-order valence-electron chi connectivity index (χ4n) is 3.40. The Morgan fingerprint density at radius 1 is 1.06 bits per heavy atom. The van der Waals surface area contributed by atoms with E-state index in [9.17, 15) is 13.2 Å². The van der Waals surface area contributed by atoms with Crippen molar-refractivity contribution in [2.24, 2.45) is 4.99 Å². The van der Waals surface area contributed by atoms with Gasteiger partial charge in [0.15, 0.2) is 17.5 Å². The highest BCUT2D eigenvalue weighted by molar-refractivity contribution is 14.0. The molecule has 1 N–H and O–H groups in total. The van der Waals surface area contributed by atoms with Gasteiger partial charge in [0.2, 0.25) is 5.75 Å². The normalized spacial score (nSPS) is 16.4. The first kappa shape index (κ1) is 27.4. The second kappa shape index (κ2) is 12.4. The van der Waals surface area contributed by atoms with Gasteiger partial charge in [0.1, 0.15) is 6.04 Å². The largest absolute Gasteiger partial charge is 0.493 e. The summed E-state index contributed by atoms with van der Waals surface area (Å²) in [5.74, 6) is 2.25. The average molecular weight is 560 g/mol. The van der Waals surface area contributed by atoms with Gasteiger partial charge >= 0.3 is 6.18 Å². The molecule has 11 heteroatoms. The average Bonchev–Trinajstić information content (AvgIpc) is 2.74. The number of hydrogen-bond acceptors (Lipinski definition) is 5. The molecule has 0 bridgehead atoms. The molecule has 1 aromatic rings. The van der Waals surface area contributed by atoms with E-state index in [-0.39, 0.29) is 24.0 Å². The van der Waals surface area contributed by atoms with Crippen LogP contribution in [0.3, 0.4) is 0 Å². The van der Waals surface area contributed by atoms with E-state index < -0.39 is 12.2 Å². The van der Waals surface area contributed by atoms with Gasteiger partial charge in [-0.2, -0.15) is 13.2 Å². The first-order valence-corrected chi connectivity index (χ1v) is 9.88. The lowest BCUT2D eigenvalue weighted by atomic mass is 10.1. The van der Waals surface area contributed by atoms with Crippen molar-refractivity contribution in [2.45, 2.75) is 32.6 Å². The van der Waals surface area contributed by atoms with Crippen molar-refractivity contribution in [1.82, 2.24) is 15.1 Å². The maximum atomic E-state index is 13.0. The molecule has 1 heterocycles. The van der Waals surface area contributed by atoms with Crippen molar-refractivity contribution < 1.29 is 27.4 Å². The first-order valence-electron chi connectivity index (χ1n) is 9.88. The van der Waals surface area contributed by atoms with E-state index in [4.69, 9.17) is 14.2 Å². The van der Waals surface area contributed by atoms with Crippen molar-refractivity contribution in [3.63, 3.8) is 0 Å². The molecule has 0 radical (unpaired) electrons. The molecule has 1 aliphatic heterocycles. The summed E-state index contributed by atoms with van der Waals surface area (Å²) in [5.41, 5.74) is 0.815. The standard InChI is InChI=1S/C20H31F3N4O3.HI/c1-6-24-19(27-11-9-26(10-12-27)14(2)20(21,22)23)25-13-15-7-8-16(28-3)18(30-5)17(15)29-4;/h7-8,14H,6,9-13H2,1-5H3,(H,24,25);1H. The highest BCUT2D eigenvalue weighted by Crippen LogP contribution is 2.40. The van der Waals surface area contributed by atoms with Crippen LogP contribution in [-0.4, -0.2) is 82.0 Å². The number of aliphatic imine (C=N–C) groups is 1. The number of alkyl halides is 3. The van der Waals surface area contributed by atoms with Gasteiger partial charge in [-0.05, 0) is 26.0 Å². The highest BCUT2D eigenvalue weighted by atomic mass is 127. The lowest BCUT2D eigenvalue weighted by molar-refractivity contribution is -0.181. The second-order valence-corrected chi connectivity index (χ2v) is 6.90. The monoisotopic (exact) mass is 560 g/mol. The van der Waals surface area contributed by atoms with Gasteiger partial charge in [0.05, 0.1) is 27.9 Å². The van der Waals surface area contributed by atoms with Crippen LogP contribution in [0.4, 0.5) is 13.2 Å². The van der Waals surface area contributed by atoms with Crippen LogP contribution in [0, 0.1) is 0 Å². The molecule has 1 aliphatic rings. The van der Waals surface area contributed by atoms with Gasteiger partial charge in [0, 0.05) is 38.3 Å². The number of halogens is 4. The van der Waals surface area contributed by atoms with E-state index in [1.165, 1.54) is 11.8 Å². The topological polar surface area (TPSA) is 58.6 Å². The minimum atomic E-state index is -4.22. The van der Waals surface area contributed by atoms with Gasteiger partial charge in [-0.15, -0.1) is 24.0 Å². The predicted octanol–water partition coefficient (Wildman–Crippen LogP) is 3.36. The summed E-state index contributed by atoms with van der Waals surface area (Å²) >= 11 is 0. The van der Waals surface area contributed by atoms with E-state index >= 15 is 0 Å². The molecule has 1 atom stereocenters. The van der Waals surface area contributed by atoms with E-state index in [1.54, 1.807) is 27.4 Å². The molecule has 0 aromatic heterocycles. The number of benzene rings is 1. The molecule has 0 amide bonds. The summed E-state index contributed by atoms with van der Waals surface area (Å²) in [7, 11) is 4.65. The quantitative estimate of drug-likeness (QED) is 0.314. The smallest absolute Gasteiger partial charge is 0.403 e. The SMILES string of the molecule is CCNC(=NCc1ccc(OC)c(OC)c1OC)N1CCN(C(C)C(F)(F)F)CC1.I. The Bertz CT molecular complexity index is 726. The van der Waals surface area contributed by atoms with Crippen LogP contribution in [0.25, 0.3) is 0 Å². The van der Waals surface area contributed by atoms with Crippen LogP contribution in [0.1, 0.15) is 19.4 Å².